The number of aryl methyl sites for hydroxylation is 2. The molecule has 0 saturated carbocycles. The molecule has 9 aromatic rings. The van der Waals surface area contributed by atoms with Crippen molar-refractivity contribution in [1.82, 2.24) is 0 Å². The molecule has 0 saturated heterocycles. The average molecular weight is 767 g/mol. The topological polar surface area (TPSA) is 18.5 Å². The van der Waals surface area contributed by atoms with Crippen molar-refractivity contribution in [3.63, 3.8) is 0 Å². The van der Waals surface area contributed by atoms with Crippen molar-refractivity contribution in [2.24, 2.45) is 0 Å². The van der Waals surface area contributed by atoms with Gasteiger partial charge in [0.05, 0.1) is 0 Å². The molecule has 2 nitrogen and oxygen atoms in total. The molecule has 4 heteroatoms. The predicted molar refractivity (Wildman–Crippen MR) is 253 cm³/mol. The van der Waals surface area contributed by atoms with Crippen LogP contribution in [0.2, 0.25) is 0 Å². The fraction of sp³-hybridized carbons (Fsp3) is 0.0357. The van der Waals surface area contributed by atoms with Gasteiger partial charge in [-0.2, -0.15) is 0 Å². The summed E-state index contributed by atoms with van der Waals surface area (Å²) in [6.45, 7) is 4.20. The molecule has 2 heterocycles. The van der Waals surface area contributed by atoms with E-state index in [4.69, 9.17) is 9.47 Å². The summed E-state index contributed by atoms with van der Waals surface area (Å²) in [6, 6.07) is 74.7. The Morgan fingerprint density at radius 1 is 0.283 bits per heavy atom. The average Bonchev–Trinajstić information content (AvgIpc) is 3.30. The smallest absolute Gasteiger partial charge is 0.252 e. The predicted octanol–water partition coefficient (Wildman–Crippen LogP) is 10.2. The van der Waals surface area contributed by atoms with Gasteiger partial charge in [-0.1, -0.05) is 187 Å². The SMILES string of the molecule is Cc1ccc2c(c1)Oc1ccccc1B2c1ccc(-c2ccc3c(c2)Oc2cc(C)ccc2B3c2c(-c3ccccc3)cccc2-c2ccccc2)cc1-c1ccccc1. The summed E-state index contributed by atoms with van der Waals surface area (Å²) in [7, 11) is 0. The molecule has 0 atom stereocenters. The Bertz CT molecular complexity index is 3010. The minimum absolute atomic E-state index is 0.00525. The van der Waals surface area contributed by atoms with E-state index in [1.54, 1.807) is 0 Å². The van der Waals surface area contributed by atoms with Gasteiger partial charge in [0.1, 0.15) is 23.0 Å². The number of para-hydroxylation sites is 1. The Kier molecular flexibility index (Phi) is 8.85. The van der Waals surface area contributed by atoms with Crippen LogP contribution in [0.15, 0.2) is 206 Å². The molecular weight excluding hydrogens is 726 g/mol. The summed E-state index contributed by atoms with van der Waals surface area (Å²) >= 11 is 0. The fourth-order valence-electron chi connectivity index (χ4n) is 9.48. The van der Waals surface area contributed by atoms with E-state index in [1.807, 2.05) is 0 Å². The lowest BCUT2D eigenvalue weighted by Gasteiger charge is -2.30. The number of hydrogen-bond acceptors (Lipinski definition) is 2. The largest absolute Gasteiger partial charge is 0.458 e. The van der Waals surface area contributed by atoms with Crippen molar-refractivity contribution >= 4 is 46.2 Å². The Hall–Kier alpha value is -7.29. The molecule has 0 unspecified atom stereocenters. The van der Waals surface area contributed by atoms with Gasteiger partial charge in [0.15, 0.2) is 0 Å². The maximum atomic E-state index is 6.97. The Morgan fingerprint density at radius 2 is 0.717 bits per heavy atom. The highest BCUT2D eigenvalue weighted by Crippen LogP contribution is 2.35. The van der Waals surface area contributed by atoms with Gasteiger partial charge in [0.25, 0.3) is 13.4 Å². The summed E-state index contributed by atoms with van der Waals surface area (Å²) in [6.07, 6.45) is 0. The molecule has 60 heavy (non-hydrogen) atoms. The van der Waals surface area contributed by atoms with Gasteiger partial charge in [-0.25, -0.2) is 0 Å². The zero-order valence-corrected chi connectivity index (χ0v) is 33.6. The van der Waals surface area contributed by atoms with Crippen LogP contribution < -0.4 is 42.3 Å². The molecule has 0 aromatic heterocycles. The molecule has 11 rings (SSSR count). The molecule has 0 radical (unpaired) electrons. The van der Waals surface area contributed by atoms with Crippen LogP contribution in [0.25, 0.3) is 44.5 Å². The van der Waals surface area contributed by atoms with Crippen LogP contribution in [-0.4, -0.2) is 13.4 Å². The lowest BCUT2D eigenvalue weighted by Crippen LogP contribution is -2.56. The molecule has 0 aliphatic carbocycles. The molecule has 0 N–H and O–H groups in total. The van der Waals surface area contributed by atoms with Gasteiger partial charge in [0, 0.05) is 0 Å². The van der Waals surface area contributed by atoms with Crippen molar-refractivity contribution in [3.8, 4) is 67.5 Å². The zero-order chi connectivity index (χ0) is 40.2. The summed E-state index contributed by atoms with van der Waals surface area (Å²) in [5.41, 5.74) is 19.0. The van der Waals surface area contributed by atoms with Crippen molar-refractivity contribution in [2.75, 3.05) is 0 Å². The maximum Gasteiger partial charge on any atom is 0.252 e. The number of hydrogen-bond donors (Lipinski definition) is 0. The number of rotatable bonds is 6. The second kappa shape index (κ2) is 14.8. The standard InChI is InChI=1S/C56H40B2O2/c1-37-25-29-49-53(33-37)59-52-24-13-12-23-48(52)57(49)47-31-27-42(35-46(47)41-19-10-5-11-20-41)43-28-32-51-55(36-43)60-54-34-38(2)26-30-50(54)58(51)56-44(39-15-6-3-7-16-39)21-14-22-45(56)40-17-8-4-9-18-40/h3-36H,1-2H3. The highest BCUT2D eigenvalue weighted by atomic mass is 16.5. The molecule has 2 aliphatic rings. The molecule has 2 aliphatic heterocycles. The molecule has 282 valence electrons. The van der Waals surface area contributed by atoms with Crippen molar-refractivity contribution < 1.29 is 9.47 Å². The van der Waals surface area contributed by atoms with Gasteiger partial charge in [-0.15, -0.1) is 0 Å². The molecular formula is C56H40B2O2. The lowest BCUT2D eigenvalue weighted by atomic mass is 9.34. The van der Waals surface area contributed by atoms with Crippen molar-refractivity contribution in [1.29, 1.82) is 0 Å². The monoisotopic (exact) mass is 766 g/mol. The summed E-state index contributed by atoms with van der Waals surface area (Å²) in [4.78, 5) is 0. The first-order valence-corrected chi connectivity index (χ1v) is 20.8. The van der Waals surface area contributed by atoms with E-state index >= 15 is 0 Å². The number of fused-ring (bicyclic) bond motifs is 4. The first kappa shape index (κ1) is 35.8. The molecule has 0 bridgehead atoms. The first-order chi connectivity index (χ1) is 29.6. The summed E-state index contributed by atoms with van der Waals surface area (Å²) in [5.74, 6) is 3.61. The van der Waals surface area contributed by atoms with Crippen LogP contribution in [-0.2, 0) is 0 Å². The van der Waals surface area contributed by atoms with E-state index in [2.05, 4.69) is 220 Å². The van der Waals surface area contributed by atoms with Gasteiger partial charge >= 0.3 is 0 Å². The number of benzene rings is 9. The summed E-state index contributed by atoms with van der Waals surface area (Å²) < 4.78 is 13.5. The Morgan fingerprint density at radius 3 is 1.32 bits per heavy atom. The second-order valence-electron chi connectivity index (χ2n) is 16.1. The van der Waals surface area contributed by atoms with Gasteiger partial charge in [-0.3, -0.25) is 0 Å². The first-order valence-electron chi connectivity index (χ1n) is 20.8. The summed E-state index contributed by atoms with van der Waals surface area (Å²) in [5, 5.41) is 0. The van der Waals surface area contributed by atoms with Gasteiger partial charge in [-0.05, 0) is 122 Å². The number of ether oxygens (including phenoxy) is 2. The van der Waals surface area contributed by atoms with Crippen LogP contribution >= 0.6 is 0 Å². The maximum absolute atomic E-state index is 6.97. The third-order valence-electron chi connectivity index (χ3n) is 12.3. The zero-order valence-electron chi connectivity index (χ0n) is 33.6. The highest BCUT2D eigenvalue weighted by molar-refractivity contribution is 6.99. The van der Waals surface area contributed by atoms with Crippen molar-refractivity contribution in [2.45, 2.75) is 13.8 Å². The van der Waals surface area contributed by atoms with Crippen LogP contribution in [0.4, 0.5) is 0 Å². The van der Waals surface area contributed by atoms with E-state index in [1.165, 1.54) is 71.8 Å². The third kappa shape index (κ3) is 6.24. The quantitative estimate of drug-likeness (QED) is 0.157. The van der Waals surface area contributed by atoms with E-state index < -0.39 is 0 Å². The van der Waals surface area contributed by atoms with E-state index in [-0.39, 0.29) is 13.4 Å². The lowest BCUT2D eigenvalue weighted by molar-refractivity contribution is 0.487. The van der Waals surface area contributed by atoms with E-state index in [0.717, 1.165) is 39.6 Å². The van der Waals surface area contributed by atoms with Gasteiger partial charge in [0.2, 0.25) is 0 Å². The minimum atomic E-state index is -0.0652. The molecule has 0 spiro atoms. The van der Waals surface area contributed by atoms with E-state index in [0.29, 0.717) is 0 Å². The fourth-order valence-corrected chi connectivity index (χ4v) is 9.48. The Labute approximate surface area is 352 Å². The molecule has 0 amide bonds. The van der Waals surface area contributed by atoms with Crippen LogP contribution in [0.1, 0.15) is 11.1 Å². The normalized spacial score (nSPS) is 12.4. The molecule has 9 aromatic carbocycles. The van der Waals surface area contributed by atoms with Crippen molar-refractivity contribution in [3.05, 3.63) is 217 Å². The van der Waals surface area contributed by atoms with Crippen LogP contribution in [0.3, 0.4) is 0 Å². The van der Waals surface area contributed by atoms with Gasteiger partial charge < -0.3 is 9.47 Å². The highest BCUT2D eigenvalue weighted by Gasteiger charge is 2.37. The van der Waals surface area contributed by atoms with Crippen LogP contribution in [0.5, 0.6) is 23.0 Å². The molecule has 0 fully saturated rings. The Balaban J connectivity index is 1.09. The van der Waals surface area contributed by atoms with Crippen LogP contribution in [0, 0.1) is 13.8 Å². The van der Waals surface area contributed by atoms with E-state index in [9.17, 15) is 0 Å². The second-order valence-corrected chi connectivity index (χ2v) is 16.1. The minimum Gasteiger partial charge on any atom is -0.458 e. The third-order valence-corrected chi connectivity index (χ3v) is 12.3.